The molecule has 0 bridgehead atoms. The number of piperidine rings is 1. The van der Waals surface area contributed by atoms with Crippen LogP contribution in [0.2, 0.25) is 0 Å². The monoisotopic (exact) mass is 241 g/mol. The van der Waals surface area contributed by atoms with Gasteiger partial charge >= 0.3 is 0 Å². The van der Waals surface area contributed by atoms with Crippen LogP contribution >= 0.6 is 0 Å². The van der Waals surface area contributed by atoms with Crippen molar-refractivity contribution >= 4 is 0 Å². The number of rotatable bonds is 7. The van der Waals surface area contributed by atoms with Gasteiger partial charge in [0.1, 0.15) is 0 Å². The van der Waals surface area contributed by atoms with Crippen LogP contribution in [0.3, 0.4) is 0 Å². The Kier molecular flexibility index (Phi) is 7.09. The van der Waals surface area contributed by atoms with E-state index in [0.717, 1.165) is 18.6 Å². The van der Waals surface area contributed by atoms with Crippen LogP contribution < -0.4 is 5.32 Å². The number of hydrogen-bond donors (Lipinski definition) is 1. The molecular formula is C14H31N3. The summed E-state index contributed by atoms with van der Waals surface area (Å²) >= 11 is 0. The van der Waals surface area contributed by atoms with E-state index in [9.17, 15) is 0 Å². The smallest absolute Gasteiger partial charge is 0.0113 e. The molecule has 0 aliphatic carbocycles. The minimum Gasteiger partial charge on any atom is -0.317 e. The summed E-state index contributed by atoms with van der Waals surface area (Å²) in [5.41, 5.74) is 0. The summed E-state index contributed by atoms with van der Waals surface area (Å²) in [5.74, 6) is 0. The van der Waals surface area contributed by atoms with Gasteiger partial charge in [0.25, 0.3) is 0 Å². The fourth-order valence-corrected chi connectivity index (χ4v) is 2.64. The van der Waals surface area contributed by atoms with Gasteiger partial charge in [0.2, 0.25) is 0 Å². The first-order chi connectivity index (χ1) is 8.15. The summed E-state index contributed by atoms with van der Waals surface area (Å²) in [4.78, 5) is 5.04. The third-order valence-electron chi connectivity index (χ3n) is 4.02. The van der Waals surface area contributed by atoms with E-state index in [2.05, 4.69) is 43.1 Å². The van der Waals surface area contributed by atoms with Gasteiger partial charge in [-0.3, -0.25) is 0 Å². The van der Waals surface area contributed by atoms with Gasteiger partial charge in [0.15, 0.2) is 0 Å². The predicted octanol–water partition coefficient (Wildman–Crippen LogP) is 1.79. The first-order valence-electron chi connectivity index (χ1n) is 7.26. The molecule has 0 spiro atoms. The zero-order valence-corrected chi connectivity index (χ0v) is 12.2. The molecular weight excluding hydrogens is 210 g/mol. The first-order valence-corrected chi connectivity index (χ1v) is 7.26. The van der Waals surface area contributed by atoms with Crippen molar-refractivity contribution in [2.24, 2.45) is 0 Å². The Hall–Kier alpha value is -0.120. The Balaban J connectivity index is 2.14. The van der Waals surface area contributed by atoms with Crippen LogP contribution in [0.15, 0.2) is 0 Å². The lowest BCUT2D eigenvalue weighted by Gasteiger charge is -2.38. The Bertz CT molecular complexity index is 186. The van der Waals surface area contributed by atoms with Crippen LogP contribution in [0.1, 0.15) is 39.5 Å². The molecule has 1 aliphatic heterocycles. The molecule has 1 rings (SSSR count). The SMILES string of the molecule is CCCNCCC(C)N1CCC(N(C)C)CC1. The molecule has 3 nitrogen and oxygen atoms in total. The molecule has 1 unspecified atom stereocenters. The highest BCUT2D eigenvalue weighted by Crippen LogP contribution is 2.17. The van der Waals surface area contributed by atoms with Crippen molar-refractivity contribution in [1.29, 1.82) is 0 Å². The minimum absolute atomic E-state index is 0.738. The maximum absolute atomic E-state index is 3.50. The van der Waals surface area contributed by atoms with Gasteiger partial charge < -0.3 is 15.1 Å². The van der Waals surface area contributed by atoms with E-state index >= 15 is 0 Å². The van der Waals surface area contributed by atoms with E-state index in [1.54, 1.807) is 0 Å². The van der Waals surface area contributed by atoms with Crippen molar-refractivity contribution in [3.8, 4) is 0 Å². The number of hydrogen-bond acceptors (Lipinski definition) is 3. The van der Waals surface area contributed by atoms with E-state index in [4.69, 9.17) is 0 Å². The van der Waals surface area contributed by atoms with Crippen molar-refractivity contribution in [2.75, 3.05) is 40.3 Å². The van der Waals surface area contributed by atoms with E-state index in [1.807, 2.05) is 0 Å². The zero-order valence-electron chi connectivity index (χ0n) is 12.2. The summed E-state index contributed by atoms with van der Waals surface area (Å²) in [7, 11) is 4.41. The van der Waals surface area contributed by atoms with Gasteiger partial charge in [-0.2, -0.15) is 0 Å². The van der Waals surface area contributed by atoms with Crippen molar-refractivity contribution in [3.63, 3.8) is 0 Å². The quantitative estimate of drug-likeness (QED) is 0.686. The van der Waals surface area contributed by atoms with Gasteiger partial charge in [-0.05, 0) is 72.9 Å². The van der Waals surface area contributed by atoms with Gasteiger partial charge in [0, 0.05) is 12.1 Å². The van der Waals surface area contributed by atoms with Gasteiger partial charge in [-0.1, -0.05) is 6.92 Å². The van der Waals surface area contributed by atoms with E-state index < -0.39 is 0 Å². The highest BCUT2D eigenvalue weighted by Gasteiger charge is 2.23. The van der Waals surface area contributed by atoms with Crippen molar-refractivity contribution in [3.05, 3.63) is 0 Å². The lowest BCUT2D eigenvalue weighted by molar-refractivity contribution is 0.111. The third kappa shape index (κ3) is 5.36. The van der Waals surface area contributed by atoms with E-state index in [0.29, 0.717) is 0 Å². The average molecular weight is 241 g/mol. The molecule has 102 valence electrons. The molecule has 1 fully saturated rings. The molecule has 1 aliphatic rings. The molecule has 0 amide bonds. The largest absolute Gasteiger partial charge is 0.317 e. The summed E-state index contributed by atoms with van der Waals surface area (Å²) < 4.78 is 0. The molecule has 0 saturated carbocycles. The molecule has 0 aromatic rings. The van der Waals surface area contributed by atoms with Gasteiger partial charge in [-0.25, -0.2) is 0 Å². The molecule has 3 heteroatoms. The van der Waals surface area contributed by atoms with Crippen LogP contribution in [0.4, 0.5) is 0 Å². The lowest BCUT2D eigenvalue weighted by atomic mass is 10.0. The second-order valence-electron chi connectivity index (χ2n) is 5.62. The van der Waals surface area contributed by atoms with Crippen molar-refractivity contribution < 1.29 is 0 Å². The van der Waals surface area contributed by atoms with E-state index in [1.165, 1.54) is 45.3 Å². The van der Waals surface area contributed by atoms with Crippen LogP contribution in [-0.2, 0) is 0 Å². The van der Waals surface area contributed by atoms with Crippen LogP contribution in [0.5, 0.6) is 0 Å². The van der Waals surface area contributed by atoms with E-state index in [-0.39, 0.29) is 0 Å². The topological polar surface area (TPSA) is 18.5 Å². The molecule has 1 N–H and O–H groups in total. The maximum Gasteiger partial charge on any atom is 0.0113 e. The maximum atomic E-state index is 3.50. The second kappa shape index (κ2) is 8.06. The standard InChI is InChI=1S/C14H31N3/c1-5-9-15-10-6-13(2)17-11-7-14(8-12-17)16(3)4/h13-15H,5-12H2,1-4H3. The Labute approximate surface area is 108 Å². The molecule has 0 aromatic carbocycles. The zero-order chi connectivity index (χ0) is 12.7. The van der Waals surface area contributed by atoms with Crippen LogP contribution in [0.25, 0.3) is 0 Å². The molecule has 1 heterocycles. The Morgan fingerprint density at radius 3 is 2.41 bits per heavy atom. The first kappa shape index (κ1) is 14.9. The van der Waals surface area contributed by atoms with Crippen LogP contribution in [-0.4, -0.2) is 62.2 Å². The van der Waals surface area contributed by atoms with Gasteiger partial charge in [0.05, 0.1) is 0 Å². The van der Waals surface area contributed by atoms with Gasteiger partial charge in [-0.15, -0.1) is 0 Å². The molecule has 1 atom stereocenters. The molecule has 0 aromatic heterocycles. The lowest BCUT2D eigenvalue weighted by Crippen LogP contribution is -2.46. The normalized spacial score (nSPS) is 21.0. The second-order valence-corrected chi connectivity index (χ2v) is 5.62. The number of nitrogens with zero attached hydrogens (tertiary/aromatic N) is 2. The Morgan fingerprint density at radius 2 is 1.88 bits per heavy atom. The summed E-state index contributed by atoms with van der Waals surface area (Å²) in [5, 5.41) is 3.50. The summed E-state index contributed by atoms with van der Waals surface area (Å²) in [6.45, 7) is 9.49. The fourth-order valence-electron chi connectivity index (χ4n) is 2.64. The fraction of sp³-hybridized carbons (Fsp3) is 1.00. The van der Waals surface area contributed by atoms with Crippen molar-refractivity contribution in [2.45, 2.75) is 51.6 Å². The number of nitrogens with one attached hydrogen (secondary N) is 1. The van der Waals surface area contributed by atoms with Crippen LogP contribution in [0, 0.1) is 0 Å². The predicted molar refractivity (Wildman–Crippen MR) is 75.5 cm³/mol. The molecule has 1 saturated heterocycles. The highest BCUT2D eigenvalue weighted by atomic mass is 15.2. The Morgan fingerprint density at radius 1 is 1.24 bits per heavy atom. The summed E-state index contributed by atoms with van der Waals surface area (Å²) in [6, 6.07) is 1.54. The van der Waals surface area contributed by atoms with Crippen molar-refractivity contribution in [1.82, 2.24) is 15.1 Å². The highest BCUT2D eigenvalue weighted by molar-refractivity contribution is 4.80. The number of likely N-dealkylation sites (tertiary alicyclic amines) is 1. The third-order valence-corrected chi connectivity index (χ3v) is 4.02. The molecule has 17 heavy (non-hydrogen) atoms. The summed E-state index contributed by atoms with van der Waals surface area (Å²) in [6.07, 6.45) is 5.19. The molecule has 0 radical (unpaired) electrons. The average Bonchev–Trinajstić information content (AvgIpc) is 2.34. The minimum atomic E-state index is 0.738.